The van der Waals surface area contributed by atoms with Gasteiger partial charge in [-0.15, -0.1) is 0 Å². The first kappa shape index (κ1) is 15.8. The molecule has 0 bridgehead atoms. The standard InChI is InChI=1S/C17H27N3O/c1-3-7-15-8-5-6-12-20(15)17(21)14-9-10-16(19-13-14)18-11-4-2/h9-10,13,15H,3-8,11-12H2,1-2H3,(H,18,19). The van der Waals surface area contributed by atoms with Crippen LogP contribution in [0.5, 0.6) is 0 Å². The minimum Gasteiger partial charge on any atom is -0.370 e. The van der Waals surface area contributed by atoms with E-state index in [0.29, 0.717) is 11.6 Å². The van der Waals surface area contributed by atoms with Crippen molar-refractivity contribution in [2.24, 2.45) is 0 Å². The topological polar surface area (TPSA) is 45.2 Å². The number of nitrogens with zero attached hydrogens (tertiary/aromatic N) is 2. The quantitative estimate of drug-likeness (QED) is 0.868. The van der Waals surface area contributed by atoms with E-state index in [2.05, 4.69) is 29.0 Å². The lowest BCUT2D eigenvalue weighted by Gasteiger charge is -2.35. The summed E-state index contributed by atoms with van der Waals surface area (Å²) < 4.78 is 0. The first-order chi connectivity index (χ1) is 10.3. The molecule has 1 aromatic heterocycles. The van der Waals surface area contributed by atoms with Gasteiger partial charge in [0, 0.05) is 25.3 Å². The summed E-state index contributed by atoms with van der Waals surface area (Å²) in [4.78, 5) is 19.1. The van der Waals surface area contributed by atoms with E-state index >= 15 is 0 Å². The van der Waals surface area contributed by atoms with Crippen molar-refractivity contribution in [1.82, 2.24) is 9.88 Å². The Hall–Kier alpha value is -1.58. The predicted molar refractivity (Wildman–Crippen MR) is 86.6 cm³/mol. The molecule has 4 heteroatoms. The minimum absolute atomic E-state index is 0.141. The molecule has 0 saturated carbocycles. The van der Waals surface area contributed by atoms with Crippen LogP contribution in [0.15, 0.2) is 18.3 Å². The number of aromatic nitrogens is 1. The second-order valence-corrected chi connectivity index (χ2v) is 5.80. The van der Waals surface area contributed by atoms with E-state index < -0.39 is 0 Å². The van der Waals surface area contributed by atoms with Crippen molar-refractivity contribution in [3.8, 4) is 0 Å². The summed E-state index contributed by atoms with van der Waals surface area (Å²) >= 11 is 0. The van der Waals surface area contributed by atoms with Gasteiger partial charge in [-0.1, -0.05) is 20.3 Å². The average molecular weight is 289 g/mol. The third-order valence-corrected chi connectivity index (χ3v) is 4.08. The van der Waals surface area contributed by atoms with Crippen molar-refractivity contribution < 1.29 is 4.79 Å². The molecule has 0 aromatic carbocycles. The largest absolute Gasteiger partial charge is 0.370 e. The van der Waals surface area contributed by atoms with Crippen LogP contribution in [0.4, 0.5) is 5.82 Å². The van der Waals surface area contributed by atoms with Gasteiger partial charge in [0.15, 0.2) is 0 Å². The van der Waals surface area contributed by atoms with Crippen LogP contribution in [-0.4, -0.2) is 34.9 Å². The number of carbonyl (C=O) groups excluding carboxylic acids is 1. The summed E-state index contributed by atoms with van der Waals surface area (Å²) in [5.41, 5.74) is 0.708. The molecule has 1 atom stereocenters. The van der Waals surface area contributed by atoms with Crippen molar-refractivity contribution in [2.75, 3.05) is 18.4 Å². The van der Waals surface area contributed by atoms with Gasteiger partial charge in [0.05, 0.1) is 5.56 Å². The molecule has 0 radical (unpaired) electrons. The number of amides is 1. The molecular formula is C17H27N3O. The number of hydrogen-bond donors (Lipinski definition) is 1. The molecule has 4 nitrogen and oxygen atoms in total. The number of rotatable bonds is 6. The fourth-order valence-corrected chi connectivity index (χ4v) is 2.95. The molecule has 2 rings (SSSR count). The molecule has 1 unspecified atom stereocenters. The Kier molecular flexibility index (Phi) is 6.03. The highest BCUT2D eigenvalue weighted by Gasteiger charge is 2.26. The molecule has 1 saturated heterocycles. The van der Waals surface area contributed by atoms with E-state index in [1.807, 2.05) is 12.1 Å². The van der Waals surface area contributed by atoms with E-state index in [4.69, 9.17) is 0 Å². The van der Waals surface area contributed by atoms with Crippen LogP contribution in [0, 0.1) is 0 Å². The predicted octanol–water partition coefficient (Wildman–Crippen LogP) is 3.70. The zero-order valence-electron chi connectivity index (χ0n) is 13.3. The molecular weight excluding hydrogens is 262 g/mol. The Morgan fingerprint density at radius 3 is 2.86 bits per heavy atom. The fraction of sp³-hybridized carbons (Fsp3) is 0.647. The lowest BCUT2D eigenvalue weighted by Crippen LogP contribution is -2.43. The normalized spacial score (nSPS) is 18.6. The summed E-state index contributed by atoms with van der Waals surface area (Å²) in [6.07, 6.45) is 8.51. The smallest absolute Gasteiger partial charge is 0.255 e. The van der Waals surface area contributed by atoms with Crippen LogP contribution >= 0.6 is 0 Å². The lowest BCUT2D eigenvalue weighted by atomic mass is 9.97. The van der Waals surface area contributed by atoms with Gasteiger partial charge in [-0.05, 0) is 44.2 Å². The zero-order chi connectivity index (χ0) is 15.1. The van der Waals surface area contributed by atoms with Crippen molar-refractivity contribution in [1.29, 1.82) is 0 Å². The Morgan fingerprint density at radius 1 is 1.33 bits per heavy atom. The highest BCUT2D eigenvalue weighted by molar-refractivity contribution is 5.94. The number of pyridine rings is 1. The zero-order valence-corrected chi connectivity index (χ0v) is 13.3. The van der Waals surface area contributed by atoms with Crippen molar-refractivity contribution in [3.63, 3.8) is 0 Å². The minimum atomic E-state index is 0.141. The first-order valence-corrected chi connectivity index (χ1v) is 8.27. The Labute approximate surface area is 127 Å². The van der Waals surface area contributed by atoms with Gasteiger partial charge in [-0.3, -0.25) is 4.79 Å². The van der Waals surface area contributed by atoms with Gasteiger partial charge in [-0.2, -0.15) is 0 Å². The molecule has 1 N–H and O–H groups in total. The Morgan fingerprint density at radius 2 is 2.19 bits per heavy atom. The Bertz CT molecular complexity index is 442. The molecule has 2 heterocycles. The molecule has 1 amide bonds. The van der Waals surface area contributed by atoms with E-state index in [1.165, 1.54) is 6.42 Å². The van der Waals surface area contributed by atoms with Crippen LogP contribution in [0.2, 0.25) is 0 Å². The SMILES string of the molecule is CCCNc1ccc(C(=O)N2CCCCC2CCC)cn1. The van der Waals surface area contributed by atoms with Crippen molar-refractivity contribution >= 4 is 11.7 Å². The van der Waals surface area contributed by atoms with Gasteiger partial charge < -0.3 is 10.2 Å². The fourth-order valence-electron chi connectivity index (χ4n) is 2.95. The molecule has 21 heavy (non-hydrogen) atoms. The lowest BCUT2D eigenvalue weighted by molar-refractivity contribution is 0.0600. The summed E-state index contributed by atoms with van der Waals surface area (Å²) in [6, 6.07) is 4.21. The van der Waals surface area contributed by atoms with Gasteiger partial charge in [0.1, 0.15) is 5.82 Å². The van der Waals surface area contributed by atoms with Gasteiger partial charge in [-0.25, -0.2) is 4.98 Å². The number of hydrogen-bond acceptors (Lipinski definition) is 3. The first-order valence-electron chi connectivity index (χ1n) is 8.27. The maximum atomic E-state index is 12.7. The Balaban J connectivity index is 2.03. The number of likely N-dealkylation sites (tertiary alicyclic amines) is 1. The third kappa shape index (κ3) is 4.19. The van der Waals surface area contributed by atoms with E-state index in [9.17, 15) is 4.79 Å². The summed E-state index contributed by atoms with van der Waals surface area (Å²) in [5.74, 6) is 0.986. The molecule has 116 valence electrons. The second kappa shape index (κ2) is 8.01. The molecule has 0 spiro atoms. The summed E-state index contributed by atoms with van der Waals surface area (Å²) in [5, 5.41) is 3.23. The van der Waals surface area contributed by atoms with Crippen LogP contribution in [0.3, 0.4) is 0 Å². The van der Waals surface area contributed by atoms with Gasteiger partial charge in [0.25, 0.3) is 5.91 Å². The maximum Gasteiger partial charge on any atom is 0.255 e. The molecule has 0 aliphatic carbocycles. The van der Waals surface area contributed by atoms with E-state index in [1.54, 1.807) is 6.20 Å². The summed E-state index contributed by atoms with van der Waals surface area (Å²) in [6.45, 7) is 6.10. The van der Waals surface area contributed by atoms with Gasteiger partial charge in [0.2, 0.25) is 0 Å². The van der Waals surface area contributed by atoms with Crippen LogP contribution in [0.25, 0.3) is 0 Å². The average Bonchev–Trinajstić information content (AvgIpc) is 2.53. The molecule has 1 fully saturated rings. The van der Waals surface area contributed by atoms with E-state index in [-0.39, 0.29) is 5.91 Å². The third-order valence-electron chi connectivity index (χ3n) is 4.08. The van der Waals surface area contributed by atoms with Crippen molar-refractivity contribution in [2.45, 2.75) is 58.4 Å². The second-order valence-electron chi connectivity index (χ2n) is 5.80. The molecule has 1 aliphatic rings. The van der Waals surface area contributed by atoms with Crippen LogP contribution in [-0.2, 0) is 0 Å². The monoisotopic (exact) mass is 289 g/mol. The van der Waals surface area contributed by atoms with Crippen LogP contribution < -0.4 is 5.32 Å². The van der Waals surface area contributed by atoms with E-state index in [0.717, 1.165) is 51.0 Å². The summed E-state index contributed by atoms with van der Waals surface area (Å²) in [7, 11) is 0. The highest BCUT2D eigenvalue weighted by Crippen LogP contribution is 2.23. The number of piperidine rings is 1. The molecule has 1 aromatic rings. The maximum absolute atomic E-state index is 12.7. The number of nitrogens with one attached hydrogen (secondary N) is 1. The molecule has 1 aliphatic heterocycles. The van der Waals surface area contributed by atoms with Crippen molar-refractivity contribution in [3.05, 3.63) is 23.9 Å². The number of anilines is 1. The number of carbonyl (C=O) groups is 1. The highest BCUT2D eigenvalue weighted by atomic mass is 16.2. The van der Waals surface area contributed by atoms with Crippen LogP contribution in [0.1, 0.15) is 62.7 Å². The van der Waals surface area contributed by atoms with Gasteiger partial charge >= 0.3 is 0 Å².